The van der Waals surface area contributed by atoms with Crippen LogP contribution in [-0.2, 0) is 9.47 Å². The molecule has 0 aromatic heterocycles. The first-order chi connectivity index (χ1) is 6.18. The molecule has 0 fully saturated rings. The first kappa shape index (κ1) is 12.9. The summed E-state index contributed by atoms with van der Waals surface area (Å²) in [6.45, 7) is 9.61. The molecule has 1 atom stereocenters. The number of rotatable bonds is 8. The van der Waals surface area contributed by atoms with E-state index < -0.39 is 0 Å². The van der Waals surface area contributed by atoms with Crippen LogP contribution < -0.4 is 5.32 Å². The molecule has 0 aliphatic carbocycles. The first-order valence-electron chi connectivity index (χ1n) is 5.02. The minimum atomic E-state index is -0.0471. The highest BCUT2D eigenvalue weighted by molar-refractivity contribution is 4.75. The van der Waals surface area contributed by atoms with Crippen molar-refractivity contribution in [2.24, 2.45) is 0 Å². The molecule has 0 spiro atoms. The summed E-state index contributed by atoms with van der Waals surface area (Å²) < 4.78 is 10.7. The van der Waals surface area contributed by atoms with Gasteiger partial charge in [-0.1, -0.05) is 13.8 Å². The smallest absolute Gasteiger partial charge is 0.0776 e. The summed E-state index contributed by atoms with van der Waals surface area (Å²) >= 11 is 0. The van der Waals surface area contributed by atoms with Crippen molar-refractivity contribution in [1.82, 2.24) is 5.32 Å². The Kier molecular flexibility index (Phi) is 7.23. The number of methoxy groups -OCH3 is 1. The summed E-state index contributed by atoms with van der Waals surface area (Å²) in [5.74, 6) is 0. The van der Waals surface area contributed by atoms with Crippen LogP contribution in [0.25, 0.3) is 0 Å². The van der Waals surface area contributed by atoms with E-state index in [0.717, 1.165) is 19.5 Å². The zero-order valence-corrected chi connectivity index (χ0v) is 9.35. The predicted octanol–water partition coefficient (Wildman–Crippen LogP) is 1.43. The lowest BCUT2D eigenvalue weighted by molar-refractivity contribution is -0.0517. The quantitative estimate of drug-likeness (QED) is 0.586. The molecule has 0 rings (SSSR count). The van der Waals surface area contributed by atoms with Gasteiger partial charge in [-0.15, -0.1) is 0 Å². The van der Waals surface area contributed by atoms with Crippen LogP contribution in [0.5, 0.6) is 0 Å². The monoisotopic (exact) mass is 189 g/mol. The highest BCUT2D eigenvalue weighted by Gasteiger charge is 2.21. The Morgan fingerprint density at radius 3 is 2.38 bits per heavy atom. The second kappa shape index (κ2) is 7.30. The normalized spacial score (nSPS) is 15.7. The maximum absolute atomic E-state index is 5.73. The Morgan fingerprint density at radius 2 is 1.92 bits per heavy atom. The molecule has 13 heavy (non-hydrogen) atoms. The number of hydrogen-bond acceptors (Lipinski definition) is 3. The van der Waals surface area contributed by atoms with Crippen LogP contribution in [-0.4, -0.2) is 39.0 Å². The number of nitrogens with one attached hydrogen (secondary N) is 1. The molecule has 1 unspecified atom stereocenters. The Balaban J connectivity index is 3.67. The second-order valence-electron chi connectivity index (χ2n) is 3.43. The maximum atomic E-state index is 5.73. The lowest BCUT2D eigenvalue weighted by Crippen LogP contribution is -2.40. The molecular formula is C10H23NO2. The van der Waals surface area contributed by atoms with Crippen molar-refractivity contribution in [3.63, 3.8) is 0 Å². The van der Waals surface area contributed by atoms with Gasteiger partial charge in [0.1, 0.15) is 0 Å². The van der Waals surface area contributed by atoms with Gasteiger partial charge in [-0.3, -0.25) is 0 Å². The molecule has 3 nitrogen and oxygen atoms in total. The predicted molar refractivity (Wildman–Crippen MR) is 55.1 cm³/mol. The Bertz CT molecular complexity index is 119. The third-order valence-corrected chi connectivity index (χ3v) is 2.23. The fourth-order valence-corrected chi connectivity index (χ4v) is 1.04. The first-order valence-corrected chi connectivity index (χ1v) is 5.02. The number of ether oxygens (including phenoxy) is 2. The molecule has 0 radical (unpaired) electrons. The van der Waals surface area contributed by atoms with Crippen molar-refractivity contribution >= 4 is 0 Å². The van der Waals surface area contributed by atoms with Crippen molar-refractivity contribution < 1.29 is 9.47 Å². The van der Waals surface area contributed by atoms with Gasteiger partial charge in [0.05, 0.1) is 18.8 Å². The van der Waals surface area contributed by atoms with Crippen molar-refractivity contribution in [3.8, 4) is 0 Å². The SMILES string of the molecule is CCNCC(C)(CC)OCCOC. The molecule has 0 aromatic rings. The summed E-state index contributed by atoms with van der Waals surface area (Å²) in [6, 6.07) is 0. The van der Waals surface area contributed by atoms with Crippen LogP contribution in [0.15, 0.2) is 0 Å². The zero-order valence-electron chi connectivity index (χ0n) is 9.35. The Labute approximate surface area is 81.8 Å². The van der Waals surface area contributed by atoms with Gasteiger partial charge in [0, 0.05) is 13.7 Å². The van der Waals surface area contributed by atoms with E-state index in [1.165, 1.54) is 0 Å². The largest absolute Gasteiger partial charge is 0.382 e. The summed E-state index contributed by atoms with van der Waals surface area (Å²) in [4.78, 5) is 0. The molecule has 0 aliphatic heterocycles. The number of hydrogen-bond donors (Lipinski definition) is 1. The lowest BCUT2D eigenvalue weighted by atomic mass is 10.0. The fourth-order valence-electron chi connectivity index (χ4n) is 1.04. The average Bonchev–Trinajstić information content (AvgIpc) is 2.15. The molecule has 1 N–H and O–H groups in total. The van der Waals surface area contributed by atoms with Gasteiger partial charge in [-0.05, 0) is 19.9 Å². The van der Waals surface area contributed by atoms with Gasteiger partial charge in [-0.25, -0.2) is 0 Å². The van der Waals surface area contributed by atoms with Gasteiger partial charge in [-0.2, -0.15) is 0 Å². The molecule has 0 saturated heterocycles. The molecule has 0 aromatic carbocycles. The van der Waals surface area contributed by atoms with Crippen molar-refractivity contribution in [2.75, 3.05) is 33.4 Å². The highest BCUT2D eigenvalue weighted by atomic mass is 16.5. The molecular weight excluding hydrogens is 166 g/mol. The third-order valence-electron chi connectivity index (χ3n) is 2.23. The minimum absolute atomic E-state index is 0.0471. The van der Waals surface area contributed by atoms with E-state index in [2.05, 4.69) is 26.1 Å². The van der Waals surface area contributed by atoms with Gasteiger partial charge >= 0.3 is 0 Å². The van der Waals surface area contributed by atoms with E-state index in [1.807, 2.05) is 0 Å². The van der Waals surface area contributed by atoms with Crippen LogP contribution in [0.3, 0.4) is 0 Å². The maximum Gasteiger partial charge on any atom is 0.0776 e. The van der Waals surface area contributed by atoms with Crippen LogP contribution in [0.2, 0.25) is 0 Å². The Morgan fingerprint density at radius 1 is 1.23 bits per heavy atom. The fraction of sp³-hybridized carbons (Fsp3) is 1.00. The summed E-state index contributed by atoms with van der Waals surface area (Å²) in [5.41, 5.74) is -0.0471. The van der Waals surface area contributed by atoms with E-state index in [0.29, 0.717) is 13.2 Å². The molecule has 80 valence electrons. The van der Waals surface area contributed by atoms with Crippen LogP contribution in [0.1, 0.15) is 27.2 Å². The lowest BCUT2D eigenvalue weighted by Gasteiger charge is -2.28. The molecule has 0 heterocycles. The molecule has 0 aliphatic rings. The van der Waals surface area contributed by atoms with Crippen molar-refractivity contribution in [2.45, 2.75) is 32.8 Å². The van der Waals surface area contributed by atoms with E-state index >= 15 is 0 Å². The second-order valence-corrected chi connectivity index (χ2v) is 3.43. The van der Waals surface area contributed by atoms with Crippen molar-refractivity contribution in [3.05, 3.63) is 0 Å². The summed E-state index contributed by atoms with van der Waals surface area (Å²) in [5, 5.41) is 3.30. The van der Waals surface area contributed by atoms with Crippen molar-refractivity contribution in [1.29, 1.82) is 0 Å². The van der Waals surface area contributed by atoms with E-state index in [-0.39, 0.29) is 5.60 Å². The molecule has 0 amide bonds. The van der Waals surface area contributed by atoms with Gasteiger partial charge < -0.3 is 14.8 Å². The van der Waals surface area contributed by atoms with E-state index in [4.69, 9.17) is 9.47 Å². The highest BCUT2D eigenvalue weighted by Crippen LogP contribution is 2.13. The average molecular weight is 189 g/mol. The zero-order chi connectivity index (χ0) is 10.2. The third kappa shape index (κ3) is 6.02. The van der Waals surface area contributed by atoms with E-state index in [1.54, 1.807) is 7.11 Å². The topological polar surface area (TPSA) is 30.5 Å². The van der Waals surface area contributed by atoms with Gasteiger partial charge in [0.25, 0.3) is 0 Å². The molecule has 0 bridgehead atoms. The minimum Gasteiger partial charge on any atom is -0.382 e. The van der Waals surface area contributed by atoms with E-state index in [9.17, 15) is 0 Å². The number of likely N-dealkylation sites (N-methyl/N-ethyl adjacent to an activating group) is 1. The molecule has 0 saturated carbocycles. The van der Waals surface area contributed by atoms with Gasteiger partial charge in [0.2, 0.25) is 0 Å². The summed E-state index contributed by atoms with van der Waals surface area (Å²) in [7, 11) is 1.69. The standard InChI is InChI=1S/C10H23NO2/c1-5-10(3,9-11-6-2)13-8-7-12-4/h11H,5-9H2,1-4H3. The molecule has 3 heteroatoms. The van der Waals surface area contributed by atoms with Crippen LogP contribution in [0.4, 0.5) is 0 Å². The van der Waals surface area contributed by atoms with Crippen LogP contribution >= 0.6 is 0 Å². The Hall–Kier alpha value is -0.120. The summed E-state index contributed by atoms with van der Waals surface area (Å²) in [6.07, 6.45) is 1.02. The van der Waals surface area contributed by atoms with Crippen LogP contribution in [0, 0.1) is 0 Å². The van der Waals surface area contributed by atoms with Gasteiger partial charge in [0.15, 0.2) is 0 Å².